The van der Waals surface area contributed by atoms with Gasteiger partial charge in [0.25, 0.3) is 0 Å². The summed E-state index contributed by atoms with van der Waals surface area (Å²) in [6, 6.07) is 4.99. The Hall–Kier alpha value is -1.23. The molecule has 0 fully saturated rings. The summed E-state index contributed by atoms with van der Waals surface area (Å²) in [5, 5.41) is 9.82. The molecule has 0 bridgehead atoms. The molecule has 2 nitrogen and oxygen atoms in total. The second-order valence-corrected chi connectivity index (χ2v) is 4.84. The molecule has 1 aliphatic rings. The highest BCUT2D eigenvalue weighted by Gasteiger charge is 2.56. The van der Waals surface area contributed by atoms with E-state index in [2.05, 4.69) is 0 Å². The van der Waals surface area contributed by atoms with Crippen molar-refractivity contribution >= 4 is 0 Å². The van der Waals surface area contributed by atoms with Gasteiger partial charge in [0.05, 0.1) is 7.11 Å². The lowest BCUT2D eigenvalue weighted by Gasteiger charge is -2.38. The highest BCUT2D eigenvalue weighted by atomic mass is 19.4. The van der Waals surface area contributed by atoms with E-state index in [1.807, 2.05) is 0 Å². The van der Waals surface area contributed by atoms with Crippen molar-refractivity contribution in [2.24, 2.45) is 0 Å². The van der Waals surface area contributed by atoms with Crippen LogP contribution in [0.4, 0.5) is 13.2 Å². The molecule has 2 rings (SSSR count). The van der Waals surface area contributed by atoms with Crippen molar-refractivity contribution in [3.63, 3.8) is 0 Å². The van der Waals surface area contributed by atoms with E-state index < -0.39 is 24.1 Å². The molecule has 0 heterocycles. The summed E-state index contributed by atoms with van der Waals surface area (Å²) in [5.41, 5.74) is -1.35. The molecule has 1 N–H and O–H groups in total. The Morgan fingerprint density at radius 3 is 2.61 bits per heavy atom. The van der Waals surface area contributed by atoms with Crippen molar-refractivity contribution in [2.75, 3.05) is 7.11 Å². The quantitative estimate of drug-likeness (QED) is 0.841. The molecule has 1 aromatic rings. The number of halogens is 3. The first-order chi connectivity index (χ1) is 8.28. The van der Waals surface area contributed by atoms with Gasteiger partial charge in [0, 0.05) is 12.0 Å². The smallest absolute Gasteiger partial charge is 0.417 e. The molecule has 0 saturated heterocycles. The molecule has 2 unspecified atom stereocenters. The summed E-state index contributed by atoms with van der Waals surface area (Å²) in [6.45, 7) is 1.68. The van der Waals surface area contributed by atoms with E-state index >= 15 is 0 Å². The van der Waals surface area contributed by atoms with Gasteiger partial charge in [0.15, 0.2) is 5.60 Å². The van der Waals surface area contributed by atoms with Crippen LogP contribution in [0.1, 0.15) is 30.4 Å². The summed E-state index contributed by atoms with van der Waals surface area (Å²) < 4.78 is 43.9. The first-order valence-electron chi connectivity index (χ1n) is 5.73. The van der Waals surface area contributed by atoms with Gasteiger partial charge in [-0.15, -0.1) is 0 Å². The Balaban J connectivity index is 2.48. The first kappa shape index (κ1) is 13.2. The largest absolute Gasteiger partial charge is 0.496 e. The standard InChI is InChI=1S/C13H15F3O2/c1-8-6-12(17,13(14,15)16)7-9-4-3-5-10(18-2)11(8)9/h3-5,8,17H,6-7H2,1-2H3. The molecular formula is C13H15F3O2. The zero-order chi connectivity index (χ0) is 13.6. The predicted molar refractivity (Wildman–Crippen MR) is 60.7 cm³/mol. The normalized spacial score (nSPS) is 27.8. The van der Waals surface area contributed by atoms with E-state index in [4.69, 9.17) is 4.74 Å². The molecule has 0 radical (unpaired) electrons. The Morgan fingerprint density at radius 1 is 1.39 bits per heavy atom. The number of hydrogen-bond donors (Lipinski definition) is 1. The maximum atomic E-state index is 12.9. The van der Waals surface area contributed by atoms with Crippen LogP contribution >= 0.6 is 0 Å². The summed E-state index contributed by atoms with van der Waals surface area (Å²) in [7, 11) is 1.49. The van der Waals surface area contributed by atoms with Crippen molar-refractivity contribution in [1.82, 2.24) is 0 Å². The number of methoxy groups -OCH3 is 1. The first-order valence-corrected chi connectivity index (χ1v) is 5.73. The summed E-state index contributed by atoms with van der Waals surface area (Å²) in [5.74, 6) is 0.195. The van der Waals surface area contributed by atoms with Crippen LogP contribution in [0.15, 0.2) is 18.2 Å². The van der Waals surface area contributed by atoms with E-state index in [1.54, 1.807) is 25.1 Å². The van der Waals surface area contributed by atoms with Gasteiger partial charge in [-0.2, -0.15) is 13.2 Å². The second-order valence-electron chi connectivity index (χ2n) is 4.84. The van der Waals surface area contributed by atoms with Gasteiger partial charge in [-0.1, -0.05) is 19.1 Å². The monoisotopic (exact) mass is 260 g/mol. The van der Waals surface area contributed by atoms with Crippen LogP contribution in [-0.4, -0.2) is 24.0 Å². The fourth-order valence-electron chi connectivity index (χ4n) is 2.69. The van der Waals surface area contributed by atoms with Gasteiger partial charge in [0.2, 0.25) is 0 Å². The minimum atomic E-state index is -4.61. The number of aliphatic hydroxyl groups is 1. The summed E-state index contributed by atoms with van der Waals surface area (Å²) >= 11 is 0. The van der Waals surface area contributed by atoms with Crippen molar-refractivity contribution < 1.29 is 23.0 Å². The molecular weight excluding hydrogens is 245 g/mol. The Kier molecular flexibility index (Phi) is 3.05. The average molecular weight is 260 g/mol. The maximum absolute atomic E-state index is 12.9. The third-order valence-electron chi connectivity index (χ3n) is 3.52. The fraction of sp³-hybridized carbons (Fsp3) is 0.538. The number of hydrogen-bond acceptors (Lipinski definition) is 2. The number of rotatable bonds is 1. The van der Waals surface area contributed by atoms with Crippen LogP contribution in [0.3, 0.4) is 0 Å². The van der Waals surface area contributed by atoms with Crippen LogP contribution in [-0.2, 0) is 6.42 Å². The molecule has 0 aromatic heterocycles. The lowest BCUT2D eigenvalue weighted by atomic mass is 9.74. The lowest BCUT2D eigenvalue weighted by molar-refractivity contribution is -0.265. The van der Waals surface area contributed by atoms with Gasteiger partial charge in [-0.25, -0.2) is 0 Å². The highest BCUT2D eigenvalue weighted by molar-refractivity contribution is 5.45. The van der Waals surface area contributed by atoms with E-state index in [-0.39, 0.29) is 6.42 Å². The van der Waals surface area contributed by atoms with Crippen LogP contribution in [0.2, 0.25) is 0 Å². The van der Waals surface area contributed by atoms with Gasteiger partial charge in [0.1, 0.15) is 5.75 Å². The zero-order valence-corrected chi connectivity index (χ0v) is 10.2. The maximum Gasteiger partial charge on any atom is 0.417 e. The minimum Gasteiger partial charge on any atom is -0.496 e. The topological polar surface area (TPSA) is 29.5 Å². The van der Waals surface area contributed by atoms with E-state index in [9.17, 15) is 18.3 Å². The van der Waals surface area contributed by atoms with Gasteiger partial charge < -0.3 is 9.84 Å². The molecule has 18 heavy (non-hydrogen) atoms. The van der Waals surface area contributed by atoms with Crippen molar-refractivity contribution in [3.8, 4) is 5.75 Å². The van der Waals surface area contributed by atoms with E-state index in [0.717, 1.165) is 5.56 Å². The third kappa shape index (κ3) is 1.96. The van der Waals surface area contributed by atoms with Crippen molar-refractivity contribution in [1.29, 1.82) is 0 Å². The Morgan fingerprint density at radius 2 is 2.06 bits per heavy atom. The van der Waals surface area contributed by atoms with E-state index in [1.165, 1.54) is 7.11 Å². The predicted octanol–water partition coefficient (Wildman–Crippen LogP) is 3.04. The zero-order valence-electron chi connectivity index (χ0n) is 10.2. The molecule has 1 aromatic carbocycles. The Labute approximate surface area is 103 Å². The van der Waals surface area contributed by atoms with Crippen molar-refractivity contribution in [3.05, 3.63) is 29.3 Å². The second kappa shape index (κ2) is 4.16. The number of fused-ring (bicyclic) bond motifs is 1. The molecule has 2 atom stereocenters. The third-order valence-corrected chi connectivity index (χ3v) is 3.52. The minimum absolute atomic E-state index is 0.329. The van der Waals surface area contributed by atoms with Gasteiger partial charge >= 0.3 is 6.18 Å². The highest BCUT2D eigenvalue weighted by Crippen LogP contribution is 2.47. The van der Waals surface area contributed by atoms with Crippen LogP contribution in [0.5, 0.6) is 5.75 Å². The molecule has 100 valence electrons. The lowest BCUT2D eigenvalue weighted by Crippen LogP contribution is -2.50. The van der Waals surface area contributed by atoms with E-state index in [0.29, 0.717) is 11.3 Å². The SMILES string of the molecule is COc1cccc2c1C(C)CC(O)(C(F)(F)F)C2. The van der Waals surface area contributed by atoms with Crippen molar-refractivity contribution in [2.45, 2.75) is 37.5 Å². The van der Waals surface area contributed by atoms with Crippen LogP contribution < -0.4 is 4.74 Å². The molecule has 1 aliphatic carbocycles. The molecule has 5 heteroatoms. The molecule has 0 saturated carbocycles. The number of alkyl halides is 3. The fourth-order valence-corrected chi connectivity index (χ4v) is 2.69. The van der Waals surface area contributed by atoms with Crippen LogP contribution in [0.25, 0.3) is 0 Å². The average Bonchev–Trinajstić information content (AvgIpc) is 2.26. The number of benzene rings is 1. The summed E-state index contributed by atoms with van der Waals surface area (Å²) in [4.78, 5) is 0. The summed E-state index contributed by atoms with van der Waals surface area (Å²) in [6.07, 6.45) is -5.35. The molecule has 0 amide bonds. The van der Waals surface area contributed by atoms with Crippen LogP contribution in [0, 0.1) is 0 Å². The molecule has 0 aliphatic heterocycles. The van der Waals surface area contributed by atoms with Gasteiger partial charge in [-0.05, 0) is 24.0 Å². The molecule has 0 spiro atoms. The Bertz CT molecular complexity index is 456. The number of ether oxygens (including phenoxy) is 1. The van der Waals surface area contributed by atoms with Gasteiger partial charge in [-0.3, -0.25) is 0 Å².